The molecule has 2 heterocycles. The van der Waals surface area contributed by atoms with Gasteiger partial charge in [-0.25, -0.2) is 0 Å². The second-order valence-electron chi connectivity index (χ2n) is 5.29. The van der Waals surface area contributed by atoms with Crippen LogP contribution in [-0.2, 0) is 11.2 Å². The van der Waals surface area contributed by atoms with Crippen LogP contribution in [0.4, 0.5) is 0 Å². The maximum absolute atomic E-state index is 11.8. The van der Waals surface area contributed by atoms with Gasteiger partial charge in [-0.05, 0) is 25.0 Å². The molecule has 0 bridgehead atoms. The molecule has 0 saturated heterocycles. The Bertz CT molecular complexity index is 591. The number of hydrogen-bond acceptors (Lipinski definition) is 5. The van der Waals surface area contributed by atoms with E-state index in [1.165, 1.54) is 12.8 Å². The number of carbonyl (C=O) groups is 1. The lowest BCUT2D eigenvalue weighted by molar-refractivity contribution is -0.121. The highest BCUT2D eigenvalue weighted by Crippen LogP contribution is 2.18. The average Bonchev–Trinajstić information content (AvgIpc) is 3.17. The number of carbonyl (C=O) groups excluding carboxylic acids is 1. The van der Waals surface area contributed by atoms with Gasteiger partial charge in [0, 0.05) is 31.3 Å². The Morgan fingerprint density at radius 2 is 2.19 bits per heavy atom. The van der Waals surface area contributed by atoms with Gasteiger partial charge in [-0.15, -0.1) is 10.2 Å². The lowest BCUT2D eigenvalue weighted by atomic mass is 10.2. The van der Waals surface area contributed by atoms with Gasteiger partial charge in [-0.2, -0.15) is 0 Å². The number of aromatic nitrogens is 3. The molecule has 1 amide bonds. The number of nitrogens with one attached hydrogen (secondary N) is 1. The minimum Gasteiger partial charge on any atom is -0.421 e. The summed E-state index contributed by atoms with van der Waals surface area (Å²) in [6.07, 6.45) is 8.82. The molecule has 1 aliphatic carbocycles. The van der Waals surface area contributed by atoms with E-state index in [2.05, 4.69) is 20.5 Å². The molecule has 110 valence electrons. The normalized spacial score (nSPS) is 15.2. The molecular weight excluding hydrogens is 268 g/mol. The van der Waals surface area contributed by atoms with Crippen LogP contribution in [0.5, 0.6) is 0 Å². The first kappa shape index (κ1) is 13.7. The maximum atomic E-state index is 11.8. The summed E-state index contributed by atoms with van der Waals surface area (Å²) < 4.78 is 5.55. The minimum absolute atomic E-state index is 0.0584. The molecule has 0 atom stereocenters. The number of pyridine rings is 1. The second-order valence-corrected chi connectivity index (χ2v) is 5.29. The number of nitrogens with zero attached hydrogens (tertiary/aromatic N) is 3. The molecule has 0 spiro atoms. The topological polar surface area (TPSA) is 80.9 Å². The van der Waals surface area contributed by atoms with Gasteiger partial charge < -0.3 is 9.73 Å². The summed E-state index contributed by atoms with van der Waals surface area (Å²) in [6, 6.07) is 4.02. The van der Waals surface area contributed by atoms with Crippen LogP contribution in [0, 0.1) is 0 Å². The van der Waals surface area contributed by atoms with E-state index in [1.807, 2.05) is 12.1 Å². The van der Waals surface area contributed by atoms with E-state index >= 15 is 0 Å². The Morgan fingerprint density at radius 3 is 2.95 bits per heavy atom. The molecule has 0 aliphatic heterocycles. The van der Waals surface area contributed by atoms with Gasteiger partial charge in [0.1, 0.15) is 0 Å². The molecule has 3 rings (SSSR count). The first-order valence-electron chi connectivity index (χ1n) is 7.33. The van der Waals surface area contributed by atoms with Crippen LogP contribution in [0.1, 0.15) is 38.0 Å². The summed E-state index contributed by atoms with van der Waals surface area (Å²) in [5.74, 6) is 0.979. The van der Waals surface area contributed by atoms with Crippen molar-refractivity contribution in [3.63, 3.8) is 0 Å². The van der Waals surface area contributed by atoms with E-state index in [0.717, 1.165) is 18.4 Å². The van der Waals surface area contributed by atoms with E-state index in [9.17, 15) is 4.79 Å². The third-order valence-corrected chi connectivity index (χ3v) is 3.66. The minimum atomic E-state index is 0.0584. The molecule has 21 heavy (non-hydrogen) atoms. The van der Waals surface area contributed by atoms with Crippen molar-refractivity contribution in [1.29, 1.82) is 0 Å². The molecule has 1 aliphatic rings. The Morgan fingerprint density at radius 1 is 1.33 bits per heavy atom. The van der Waals surface area contributed by atoms with Crippen LogP contribution >= 0.6 is 0 Å². The standard InChI is InChI=1S/C15H18N4O2/c20-13(17-12-5-1-2-6-12)7-8-14-18-19-15(21-14)11-4-3-9-16-10-11/h3-4,9-10,12H,1-2,5-8H2,(H,17,20). The van der Waals surface area contributed by atoms with E-state index in [1.54, 1.807) is 12.4 Å². The van der Waals surface area contributed by atoms with Crippen LogP contribution in [0.2, 0.25) is 0 Å². The average molecular weight is 286 g/mol. The quantitative estimate of drug-likeness (QED) is 0.910. The maximum Gasteiger partial charge on any atom is 0.249 e. The number of rotatable bonds is 5. The third kappa shape index (κ3) is 3.65. The fraction of sp³-hybridized carbons (Fsp3) is 0.467. The number of aryl methyl sites for hydroxylation is 1. The van der Waals surface area contributed by atoms with Crippen molar-refractivity contribution in [3.05, 3.63) is 30.4 Å². The summed E-state index contributed by atoms with van der Waals surface area (Å²) in [7, 11) is 0. The summed E-state index contributed by atoms with van der Waals surface area (Å²) in [5, 5.41) is 11.0. The Kier molecular flexibility index (Phi) is 4.23. The van der Waals surface area contributed by atoms with Gasteiger partial charge in [0.05, 0.1) is 5.56 Å². The van der Waals surface area contributed by atoms with Crippen molar-refractivity contribution in [3.8, 4) is 11.5 Å². The molecular formula is C15H18N4O2. The molecule has 1 saturated carbocycles. The lowest BCUT2D eigenvalue weighted by Crippen LogP contribution is -2.32. The second kappa shape index (κ2) is 6.47. The lowest BCUT2D eigenvalue weighted by Gasteiger charge is -2.10. The van der Waals surface area contributed by atoms with Gasteiger partial charge in [-0.3, -0.25) is 9.78 Å². The van der Waals surface area contributed by atoms with Crippen molar-refractivity contribution in [1.82, 2.24) is 20.5 Å². The highest BCUT2D eigenvalue weighted by molar-refractivity contribution is 5.76. The van der Waals surface area contributed by atoms with E-state index in [0.29, 0.717) is 30.7 Å². The molecule has 6 heteroatoms. The third-order valence-electron chi connectivity index (χ3n) is 3.66. The zero-order valence-corrected chi connectivity index (χ0v) is 11.8. The van der Waals surface area contributed by atoms with Crippen LogP contribution in [-0.4, -0.2) is 27.1 Å². The zero-order valence-electron chi connectivity index (χ0n) is 11.8. The summed E-state index contributed by atoms with van der Waals surface area (Å²) in [5.41, 5.74) is 0.784. The monoisotopic (exact) mass is 286 g/mol. The van der Waals surface area contributed by atoms with Gasteiger partial charge in [0.2, 0.25) is 17.7 Å². The molecule has 0 unspecified atom stereocenters. The predicted octanol–water partition coefficient (Wildman–Crippen LogP) is 2.12. The van der Waals surface area contributed by atoms with Crippen LogP contribution < -0.4 is 5.32 Å². The Labute approximate surface area is 123 Å². The van der Waals surface area contributed by atoms with Crippen LogP contribution in [0.15, 0.2) is 28.9 Å². The van der Waals surface area contributed by atoms with Crippen molar-refractivity contribution in [2.24, 2.45) is 0 Å². The molecule has 1 fully saturated rings. The van der Waals surface area contributed by atoms with E-state index in [4.69, 9.17) is 4.42 Å². The molecule has 0 radical (unpaired) electrons. The molecule has 2 aromatic rings. The zero-order chi connectivity index (χ0) is 14.5. The predicted molar refractivity (Wildman–Crippen MR) is 76.2 cm³/mol. The van der Waals surface area contributed by atoms with Gasteiger partial charge in [-0.1, -0.05) is 12.8 Å². The first-order chi connectivity index (χ1) is 10.3. The SMILES string of the molecule is O=C(CCc1nnc(-c2cccnc2)o1)NC1CCCC1. The van der Waals surface area contributed by atoms with Crippen molar-refractivity contribution in [2.45, 2.75) is 44.6 Å². The van der Waals surface area contributed by atoms with Crippen molar-refractivity contribution >= 4 is 5.91 Å². The highest BCUT2D eigenvalue weighted by Gasteiger charge is 2.17. The van der Waals surface area contributed by atoms with Crippen LogP contribution in [0.3, 0.4) is 0 Å². The first-order valence-corrected chi connectivity index (χ1v) is 7.33. The van der Waals surface area contributed by atoms with E-state index in [-0.39, 0.29) is 5.91 Å². The molecule has 1 N–H and O–H groups in total. The summed E-state index contributed by atoms with van der Waals surface area (Å²) in [4.78, 5) is 15.8. The van der Waals surface area contributed by atoms with Gasteiger partial charge in [0.15, 0.2) is 0 Å². The molecule has 2 aromatic heterocycles. The Hall–Kier alpha value is -2.24. The van der Waals surface area contributed by atoms with E-state index < -0.39 is 0 Å². The van der Waals surface area contributed by atoms with Gasteiger partial charge >= 0.3 is 0 Å². The van der Waals surface area contributed by atoms with Crippen molar-refractivity contribution < 1.29 is 9.21 Å². The Balaban J connectivity index is 1.51. The molecule has 6 nitrogen and oxygen atoms in total. The fourth-order valence-corrected chi connectivity index (χ4v) is 2.55. The largest absolute Gasteiger partial charge is 0.421 e. The van der Waals surface area contributed by atoms with Crippen LogP contribution in [0.25, 0.3) is 11.5 Å². The smallest absolute Gasteiger partial charge is 0.249 e. The molecule has 0 aromatic carbocycles. The van der Waals surface area contributed by atoms with Crippen molar-refractivity contribution in [2.75, 3.05) is 0 Å². The fourth-order valence-electron chi connectivity index (χ4n) is 2.55. The summed E-state index contributed by atoms with van der Waals surface area (Å²) >= 11 is 0. The van der Waals surface area contributed by atoms with Gasteiger partial charge in [0.25, 0.3) is 0 Å². The summed E-state index contributed by atoms with van der Waals surface area (Å²) in [6.45, 7) is 0. The number of hydrogen-bond donors (Lipinski definition) is 1. The highest BCUT2D eigenvalue weighted by atomic mass is 16.4. The number of amides is 1.